The number of hydroxylamine groups is 2. The van der Waals surface area contributed by atoms with Crippen LogP contribution in [0.15, 0.2) is 36.5 Å². The third-order valence-corrected chi connectivity index (χ3v) is 1.28. The van der Waals surface area contributed by atoms with E-state index in [1.807, 2.05) is 30.3 Å². The lowest BCUT2D eigenvalue weighted by molar-refractivity contribution is 0.635. The molecular weight excluding hydrogens is 138 g/mol. The van der Waals surface area contributed by atoms with E-state index >= 15 is 0 Å². The monoisotopic (exact) mass is 148 g/mol. The quantitative estimate of drug-likeness (QED) is 0.600. The standard InChI is InChI=1S/C9H10NO/c1-10(11)8-7-9-5-3-2-4-6-9/h2-8H,1H3/q-1/b8-7+. The fourth-order valence-corrected chi connectivity index (χ4v) is 0.755. The van der Waals surface area contributed by atoms with Gasteiger partial charge >= 0.3 is 0 Å². The zero-order chi connectivity index (χ0) is 8.10. The van der Waals surface area contributed by atoms with E-state index in [9.17, 15) is 5.21 Å². The first-order valence-corrected chi connectivity index (χ1v) is 3.42. The highest BCUT2D eigenvalue weighted by Crippen LogP contribution is 2.00. The van der Waals surface area contributed by atoms with Crippen molar-refractivity contribution in [2.24, 2.45) is 0 Å². The molecule has 0 N–H and O–H groups in total. The van der Waals surface area contributed by atoms with Crippen molar-refractivity contribution < 1.29 is 0 Å². The third kappa shape index (κ3) is 2.87. The first-order valence-electron chi connectivity index (χ1n) is 3.42. The predicted molar refractivity (Wildman–Crippen MR) is 46.6 cm³/mol. The van der Waals surface area contributed by atoms with Gasteiger partial charge in [0.2, 0.25) is 0 Å². The van der Waals surface area contributed by atoms with E-state index in [2.05, 4.69) is 0 Å². The van der Waals surface area contributed by atoms with Gasteiger partial charge in [-0.05, 0) is 24.9 Å². The molecule has 0 amide bonds. The van der Waals surface area contributed by atoms with Gasteiger partial charge in [-0.3, -0.25) is 0 Å². The number of rotatable bonds is 2. The minimum Gasteiger partial charge on any atom is -0.759 e. The Labute approximate surface area is 66.3 Å². The van der Waals surface area contributed by atoms with E-state index in [1.165, 1.54) is 13.2 Å². The second kappa shape index (κ2) is 3.78. The molecule has 0 spiro atoms. The van der Waals surface area contributed by atoms with Gasteiger partial charge in [-0.25, -0.2) is 0 Å². The van der Waals surface area contributed by atoms with Gasteiger partial charge in [0, 0.05) is 0 Å². The number of hydrogen-bond acceptors (Lipinski definition) is 2. The van der Waals surface area contributed by atoms with Crippen LogP contribution in [0.4, 0.5) is 0 Å². The van der Waals surface area contributed by atoms with Crippen molar-refractivity contribution in [3.05, 3.63) is 47.3 Å². The van der Waals surface area contributed by atoms with Crippen LogP contribution in [0, 0.1) is 5.21 Å². The lowest BCUT2D eigenvalue weighted by atomic mass is 10.2. The van der Waals surface area contributed by atoms with Crippen molar-refractivity contribution in [1.82, 2.24) is 5.06 Å². The molecular formula is C9H10NO-. The molecule has 1 aromatic carbocycles. The van der Waals surface area contributed by atoms with Crippen LogP contribution in [0.25, 0.3) is 6.08 Å². The molecule has 0 saturated heterocycles. The molecule has 0 aliphatic rings. The fourth-order valence-electron chi connectivity index (χ4n) is 0.755. The van der Waals surface area contributed by atoms with Crippen molar-refractivity contribution >= 4 is 6.08 Å². The molecule has 2 nitrogen and oxygen atoms in total. The SMILES string of the molecule is CN([O-])/C=C/c1ccccc1. The molecule has 0 saturated carbocycles. The normalized spacial score (nSPS) is 10.4. The van der Waals surface area contributed by atoms with Crippen LogP contribution in [0.1, 0.15) is 5.56 Å². The first-order chi connectivity index (χ1) is 5.29. The van der Waals surface area contributed by atoms with Crippen LogP contribution in [0.2, 0.25) is 0 Å². The molecule has 0 aliphatic heterocycles. The summed E-state index contributed by atoms with van der Waals surface area (Å²) in [5.41, 5.74) is 1.04. The molecule has 0 unspecified atom stereocenters. The van der Waals surface area contributed by atoms with Gasteiger partial charge in [-0.1, -0.05) is 30.3 Å². The summed E-state index contributed by atoms with van der Waals surface area (Å²) in [5, 5.41) is 11.2. The van der Waals surface area contributed by atoms with E-state index < -0.39 is 0 Å². The maximum atomic E-state index is 10.4. The Morgan fingerprint density at radius 3 is 2.45 bits per heavy atom. The van der Waals surface area contributed by atoms with E-state index in [-0.39, 0.29) is 0 Å². The molecule has 0 aromatic heterocycles. The van der Waals surface area contributed by atoms with E-state index in [0.29, 0.717) is 0 Å². The van der Waals surface area contributed by atoms with Crippen molar-refractivity contribution in [2.75, 3.05) is 7.05 Å². The third-order valence-electron chi connectivity index (χ3n) is 1.28. The minimum absolute atomic E-state index is 0.771. The van der Waals surface area contributed by atoms with Crippen molar-refractivity contribution in [3.63, 3.8) is 0 Å². The first kappa shape index (κ1) is 7.82. The largest absolute Gasteiger partial charge is 0.759 e. The topological polar surface area (TPSA) is 26.3 Å². The molecule has 0 bridgehead atoms. The molecule has 0 heterocycles. The van der Waals surface area contributed by atoms with Crippen LogP contribution < -0.4 is 0 Å². The Morgan fingerprint density at radius 2 is 1.91 bits per heavy atom. The lowest BCUT2D eigenvalue weighted by Gasteiger charge is -2.17. The molecule has 0 atom stereocenters. The summed E-state index contributed by atoms with van der Waals surface area (Å²) in [7, 11) is 1.46. The summed E-state index contributed by atoms with van der Waals surface area (Å²) < 4.78 is 0. The molecule has 11 heavy (non-hydrogen) atoms. The van der Waals surface area contributed by atoms with Gasteiger partial charge in [0.1, 0.15) is 0 Å². The van der Waals surface area contributed by atoms with Crippen LogP contribution in [-0.2, 0) is 0 Å². The van der Waals surface area contributed by atoms with Crippen LogP contribution in [0.3, 0.4) is 0 Å². The second-order valence-corrected chi connectivity index (χ2v) is 2.27. The summed E-state index contributed by atoms with van der Waals surface area (Å²) >= 11 is 0. The fraction of sp³-hybridized carbons (Fsp3) is 0.111. The van der Waals surface area contributed by atoms with Gasteiger partial charge in [0.05, 0.1) is 0 Å². The highest BCUT2D eigenvalue weighted by molar-refractivity contribution is 5.48. The highest BCUT2D eigenvalue weighted by Gasteiger charge is 1.79. The van der Waals surface area contributed by atoms with Crippen LogP contribution >= 0.6 is 0 Å². The molecule has 1 aromatic rings. The minimum atomic E-state index is 0.771. The lowest BCUT2D eigenvalue weighted by Crippen LogP contribution is -1.96. The Hall–Kier alpha value is -1.28. The van der Waals surface area contributed by atoms with Gasteiger partial charge in [-0.2, -0.15) is 0 Å². The van der Waals surface area contributed by atoms with Gasteiger partial charge in [-0.15, -0.1) is 0 Å². The van der Waals surface area contributed by atoms with Crippen LogP contribution in [-0.4, -0.2) is 12.1 Å². The maximum Gasteiger partial charge on any atom is -0.00661 e. The highest BCUT2D eigenvalue weighted by atomic mass is 16.5. The Kier molecular flexibility index (Phi) is 2.69. The van der Waals surface area contributed by atoms with Crippen molar-refractivity contribution in [3.8, 4) is 0 Å². The second-order valence-electron chi connectivity index (χ2n) is 2.27. The summed E-state index contributed by atoms with van der Waals surface area (Å²) in [6.45, 7) is 0. The Bertz CT molecular complexity index is 229. The summed E-state index contributed by atoms with van der Waals surface area (Å²) in [5.74, 6) is 0. The number of benzene rings is 1. The van der Waals surface area contributed by atoms with E-state index in [4.69, 9.17) is 0 Å². The zero-order valence-corrected chi connectivity index (χ0v) is 6.40. The van der Waals surface area contributed by atoms with E-state index in [0.717, 1.165) is 10.6 Å². The summed E-state index contributed by atoms with van der Waals surface area (Å²) in [6.07, 6.45) is 3.25. The number of hydrogen-bond donors (Lipinski definition) is 0. The van der Waals surface area contributed by atoms with Gasteiger partial charge in [0.25, 0.3) is 0 Å². The molecule has 58 valence electrons. The van der Waals surface area contributed by atoms with Crippen molar-refractivity contribution in [2.45, 2.75) is 0 Å². The Morgan fingerprint density at radius 1 is 1.27 bits per heavy atom. The Balaban J connectivity index is 2.65. The molecule has 2 heteroatoms. The predicted octanol–water partition coefficient (Wildman–Crippen LogP) is 2.09. The molecule has 0 aliphatic carbocycles. The van der Waals surface area contributed by atoms with Crippen molar-refractivity contribution in [1.29, 1.82) is 0 Å². The van der Waals surface area contributed by atoms with E-state index in [1.54, 1.807) is 6.08 Å². The molecule has 0 radical (unpaired) electrons. The summed E-state index contributed by atoms with van der Waals surface area (Å²) in [6, 6.07) is 9.70. The molecule has 0 fully saturated rings. The zero-order valence-electron chi connectivity index (χ0n) is 6.40. The number of nitrogens with zero attached hydrogens (tertiary/aromatic N) is 1. The summed E-state index contributed by atoms with van der Waals surface area (Å²) in [4.78, 5) is 0. The average molecular weight is 148 g/mol. The van der Waals surface area contributed by atoms with Gasteiger partial charge < -0.3 is 10.3 Å². The van der Waals surface area contributed by atoms with Crippen LogP contribution in [0.5, 0.6) is 0 Å². The average Bonchev–Trinajstić information content (AvgIpc) is 2.03. The molecule has 1 rings (SSSR count). The van der Waals surface area contributed by atoms with Gasteiger partial charge in [0.15, 0.2) is 0 Å². The maximum absolute atomic E-state index is 10.4. The smallest absolute Gasteiger partial charge is 0.00661 e.